The molecule has 29 heavy (non-hydrogen) atoms. The quantitative estimate of drug-likeness (QED) is 0.469. The molecule has 1 fully saturated rings. The van der Waals surface area contributed by atoms with Crippen molar-refractivity contribution in [3.63, 3.8) is 0 Å². The number of primary amides is 1. The van der Waals surface area contributed by atoms with E-state index < -0.39 is 5.91 Å². The van der Waals surface area contributed by atoms with Crippen molar-refractivity contribution in [2.75, 3.05) is 37.0 Å². The van der Waals surface area contributed by atoms with Crippen molar-refractivity contribution in [3.8, 4) is 5.75 Å². The molecule has 0 radical (unpaired) electrons. The van der Waals surface area contributed by atoms with Crippen LogP contribution in [0.15, 0.2) is 24.3 Å². The third-order valence-corrected chi connectivity index (χ3v) is 4.58. The molecule has 1 amide bonds. The smallest absolute Gasteiger partial charge is 0.271 e. The number of ether oxygens (including phenoxy) is 2. The van der Waals surface area contributed by atoms with Crippen molar-refractivity contribution >= 4 is 23.2 Å². The van der Waals surface area contributed by atoms with E-state index in [-0.39, 0.29) is 11.7 Å². The second-order valence-corrected chi connectivity index (χ2v) is 6.89. The first-order valence-electron chi connectivity index (χ1n) is 9.79. The Kier molecular flexibility index (Phi) is 7.20. The lowest BCUT2D eigenvalue weighted by Gasteiger charge is -2.24. The zero-order valence-corrected chi connectivity index (χ0v) is 16.6. The van der Waals surface area contributed by atoms with Crippen LogP contribution < -0.4 is 26.8 Å². The Morgan fingerprint density at radius 3 is 2.79 bits per heavy atom. The minimum atomic E-state index is -0.643. The van der Waals surface area contributed by atoms with Crippen LogP contribution in [0.25, 0.3) is 0 Å². The Morgan fingerprint density at radius 2 is 2.07 bits per heavy atom. The first-order valence-corrected chi connectivity index (χ1v) is 9.79. The first kappa shape index (κ1) is 20.8. The van der Waals surface area contributed by atoms with E-state index in [1.807, 2.05) is 24.3 Å². The fourth-order valence-corrected chi connectivity index (χ4v) is 3.02. The highest BCUT2D eigenvalue weighted by Crippen LogP contribution is 2.25. The molecule has 6 N–H and O–H groups in total. The third-order valence-electron chi connectivity index (χ3n) is 4.58. The van der Waals surface area contributed by atoms with Gasteiger partial charge in [-0.2, -0.15) is 0 Å². The van der Waals surface area contributed by atoms with Crippen LogP contribution in [-0.2, 0) is 4.74 Å². The number of nitrogens with two attached hydrogens (primary N) is 2. The third kappa shape index (κ3) is 5.78. The lowest BCUT2D eigenvalue weighted by Crippen LogP contribution is -2.29. The highest BCUT2D eigenvalue weighted by atomic mass is 16.5. The fourth-order valence-electron chi connectivity index (χ4n) is 3.02. The van der Waals surface area contributed by atoms with E-state index in [4.69, 9.17) is 20.9 Å². The Morgan fingerprint density at radius 1 is 1.28 bits per heavy atom. The number of nitrogens with zero attached hydrogens (tertiary/aromatic N) is 2. The summed E-state index contributed by atoms with van der Waals surface area (Å²) in [6, 6.07) is 7.65. The van der Waals surface area contributed by atoms with E-state index in [1.54, 1.807) is 6.92 Å². The van der Waals surface area contributed by atoms with Crippen molar-refractivity contribution < 1.29 is 14.3 Å². The second kappa shape index (κ2) is 10.0. The molecule has 1 aliphatic rings. The Bertz CT molecular complexity index is 839. The summed E-state index contributed by atoms with van der Waals surface area (Å²) in [4.78, 5) is 20.9. The first-order chi connectivity index (χ1) is 14.1. The number of aromatic nitrogens is 2. The lowest BCUT2D eigenvalue weighted by molar-refractivity contribution is 0.0903. The van der Waals surface area contributed by atoms with Crippen LogP contribution in [0.3, 0.4) is 0 Å². The predicted molar refractivity (Wildman–Crippen MR) is 112 cm³/mol. The summed E-state index contributed by atoms with van der Waals surface area (Å²) in [6.45, 7) is 4.34. The molecule has 0 spiro atoms. The van der Waals surface area contributed by atoms with E-state index in [0.717, 1.165) is 19.3 Å². The molecule has 0 atom stereocenters. The van der Waals surface area contributed by atoms with Crippen molar-refractivity contribution in [1.29, 1.82) is 0 Å². The van der Waals surface area contributed by atoms with Crippen molar-refractivity contribution in [2.24, 2.45) is 11.5 Å². The molecule has 1 aromatic heterocycles. The summed E-state index contributed by atoms with van der Waals surface area (Å²) in [5.41, 5.74) is 12.5. The van der Waals surface area contributed by atoms with Gasteiger partial charge in [-0.25, -0.2) is 9.97 Å². The van der Waals surface area contributed by atoms with E-state index in [0.29, 0.717) is 55.1 Å². The zero-order valence-electron chi connectivity index (χ0n) is 16.6. The van der Waals surface area contributed by atoms with Gasteiger partial charge in [-0.1, -0.05) is 6.07 Å². The lowest BCUT2D eigenvalue weighted by atomic mass is 10.1. The minimum absolute atomic E-state index is 0.0921. The molecular formula is C20H28N6O3. The van der Waals surface area contributed by atoms with Gasteiger partial charge < -0.3 is 31.6 Å². The number of rotatable bonds is 9. The number of carbonyl (C=O) groups is 1. The predicted octanol–water partition coefficient (Wildman–Crippen LogP) is 1.95. The fraction of sp³-hybridized carbons (Fsp3) is 0.450. The summed E-state index contributed by atoms with van der Waals surface area (Å²) in [5.74, 6) is 0.984. The number of anilines is 3. The number of nitrogens with one attached hydrogen (secondary N) is 2. The van der Waals surface area contributed by atoms with Gasteiger partial charge in [0.1, 0.15) is 11.6 Å². The molecule has 0 unspecified atom stereocenters. The van der Waals surface area contributed by atoms with Crippen LogP contribution in [0.1, 0.15) is 35.4 Å². The van der Waals surface area contributed by atoms with Gasteiger partial charge in [-0.15, -0.1) is 0 Å². The van der Waals surface area contributed by atoms with E-state index in [2.05, 4.69) is 20.6 Å². The van der Waals surface area contributed by atoms with Crippen LogP contribution >= 0.6 is 0 Å². The Labute approximate surface area is 170 Å². The molecule has 0 bridgehead atoms. The molecule has 1 aliphatic heterocycles. The summed E-state index contributed by atoms with van der Waals surface area (Å²) in [7, 11) is 0. The monoisotopic (exact) mass is 400 g/mol. The van der Waals surface area contributed by atoms with Gasteiger partial charge in [0.15, 0.2) is 11.5 Å². The van der Waals surface area contributed by atoms with E-state index in [9.17, 15) is 4.79 Å². The van der Waals surface area contributed by atoms with Crippen LogP contribution in [0.4, 0.5) is 17.3 Å². The van der Waals surface area contributed by atoms with Crippen LogP contribution in [-0.4, -0.2) is 48.3 Å². The van der Waals surface area contributed by atoms with Gasteiger partial charge in [-0.3, -0.25) is 4.79 Å². The van der Waals surface area contributed by atoms with Gasteiger partial charge in [0, 0.05) is 31.0 Å². The van der Waals surface area contributed by atoms with Crippen molar-refractivity contribution in [3.05, 3.63) is 35.7 Å². The highest BCUT2D eigenvalue weighted by Gasteiger charge is 2.19. The maximum absolute atomic E-state index is 11.9. The van der Waals surface area contributed by atoms with Crippen molar-refractivity contribution in [1.82, 2.24) is 9.97 Å². The number of aryl methyl sites for hydroxylation is 1. The summed E-state index contributed by atoms with van der Waals surface area (Å²) in [6.07, 6.45) is 2.56. The molecule has 1 saturated heterocycles. The molecule has 0 saturated carbocycles. The standard InChI is InChI=1S/C20H28N6O3/c1-13-19(24-14-6-10-28-11-7-14)26-20(17(23-13)18(22)27)25-15-4-2-5-16(12-15)29-9-3-8-21/h2,4-5,12,14H,3,6-11,21H2,1H3,(H2,22,27)(H2,24,25,26). The number of benzene rings is 1. The molecule has 0 aliphatic carbocycles. The molecule has 9 nitrogen and oxygen atoms in total. The maximum atomic E-state index is 11.9. The topological polar surface area (TPSA) is 137 Å². The maximum Gasteiger partial charge on any atom is 0.271 e. The minimum Gasteiger partial charge on any atom is -0.493 e. The number of hydrogen-bond acceptors (Lipinski definition) is 8. The van der Waals surface area contributed by atoms with Gasteiger partial charge in [0.05, 0.1) is 12.3 Å². The molecule has 1 aromatic carbocycles. The van der Waals surface area contributed by atoms with Gasteiger partial charge in [0.25, 0.3) is 5.91 Å². The summed E-state index contributed by atoms with van der Waals surface area (Å²) in [5, 5.41) is 6.55. The Balaban J connectivity index is 1.82. The zero-order chi connectivity index (χ0) is 20.6. The molecule has 9 heteroatoms. The number of hydrogen-bond donors (Lipinski definition) is 4. The largest absolute Gasteiger partial charge is 0.493 e. The van der Waals surface area contributed by atoms with Crippen LogP contribution in [0.5, 0.6) is 5.75 Å². The highest BCUT2D eigenvalue weighted by molar-refractivity contribution is 5.96. The van der Waals surface area contributed by atoms with E-state index >= 15 is 0 Å². The average Bonchev–Trinajstić information content (AvgIpc) is 2.71. The SMILES string of the molecule is Cc1nc(C(N)=O)c(Nc2cccc(OCCCN)c2)nc1NC1CCOCC1. The normalized spacial score (nSPS) is 14.4. The van der Waals surface area contributed by atoms with Crippen LogP contribution in [0.2, 0.25) is 0 Å². The Hall–Kier alpha value is -2.91. The van der Waals surface area contributed by atoms with Crippen LogP contribution in [0, 0.1) is 6.92 Å². The second-order valence-electron chi connectivity index (χ2n) is 6.89. The number of amides is 1. The summed E-state index contributed by atoms with van der Waals surface area (Å²) < 4.78 is 11.1. The van der Waals surface area contributed by atoms with Gasteiger partial charge in [-0.05, 0) is 44.9 Å². The molecule has 2 aromatic rings. The van der Waals surface area contributed by atoms with Crippen molar-refractivity contribution in [2.45, 2.75) is 32.2 Å². The molecule has 3 rings (SSSR count). The molecule has 2 heterocycles. The molecule has 156 valence electrons. The summed E-state index contributed by atoms with van der Waals surface area (Å²) >= 11 is 0. The van der Waals surface area contributed by atoms with Gasteiger partial charge in [0.2, 0.25) is 0 Å². The average molecular weight is 400 g/mol. The van der Waals surface area contributed by atoms with E-state index in [1.165, 1.54) is 0 Å². The number of carbonyl (C=O) groups excluding carboxylic acids is 1. The van der Waals surface area contributed by atoms with Gasteiger partial charge >= 0.3 is 0 Å². The molecular weight excluding hydrogens is 372 g/mol.